The van der Waals surface area contributed by atoms with Crippen molar-refractivity contribution in [2.24, 2.45) is 4.99 Å². The Bertz CT molecular complexity index is 494. The molecule has 3 rings (SSSR count). The van der Waals surface area contributed by atoms with Gasteiger partial charge in [0.15, 0.2) is 0 Å². The Balaban J connectivity index is 1.63. The number of nitrogens with zero attached hydrogens (tertiary/aromatic N) is 3. The average Bonchev–Trinajstić information content (AvgIpc) is 2.87. The van der Waals surface area contributed by atoms with Gasteiger partial charge in [-0.1, -0.05) is 6.07 Å². The highest BCUT2D eigenvalue weighted by Crippen LogP contribution is 2.24. The molecule has 1 fully saturated rings. The van der Waals surface area contributed by atoms with Crippen molar-refractivity contribution >= 4 is 5.84 Å². The number of aryl methyl sites for hydroxylation is 1. The first-order chi connectivity index (χ1) is 9.66. The molecule has 3 N–H and O–H groups in total. The van der Waals surface area contributed by atoms with Crippen molar-refractivity contribution in [2.75, 3.05) is 13.1 Å². The zero-order valence-corrected chi connectivity index (χ0v) is 11.1. The summed E-state index contributed by atoms with van der Waals surface area (Å²) in [5.74, 6) is 0.508. The lowest BCUT2D eigenvalue weighted by Crippen LogP contribution is -2.59. The lowest BCUT2D eigenvalue weighted by molar-refractivity contribution is -0.0636. The molecule has 6 nitrogen and oxygen atoms in total. The van der Waals surface area contributed by atoms with Gasteiger partial charge in [-0.15, -0.1) is 0 Å². The summed E-state index contributed by atoms with van der Waals surface area (Å²) in [6.07, 6.45) is 0.313. The maximum atomic E-state index is 9.93. The van der Waals surface area contributed by atoms with Crippen molar-refractivity contribution in [3.63, 3.8) is 0 Å². The first kappa shape index (κ1) is 13.5. The topological polar surface area (TPSA) is 89.2 Å². The molecule has 0 aromatic carbocycles. The van der Waals surface area contributed by atoms with E-state index < -0.39 is 18.3 Å². The average molecular weight is 277 g/mol. The molecule has 0 amide bonds. The minimum absolute atomic E-state index is 0.156. The molecule has 0 saturated carbocycles. The second kappa shape index (κ2) is 5.47. The van der Waals surface area contributed by atoms with Crippen molar-refractivity contribution in [1.29, 1.82) is 0 Å². The molecular formula is C14H19N3O3. The van der Waals surface area contributed by atoms with E-state index in [9.17, 15) is 15.3 Å². The van der Waals surface area contributed by atoms with Gasteiger partial charge < -0.3 is 20.2 Å². The van der Waals surface area contributed by atoms with Crippen molar-refractivity contribution in [1.82, 2.24) is 9.88 Å². The van der Waals surface area contributed by atoms with Crippen molar-refractivity contribution in [3.8, 4) is 0 Å². The van der Waals surface area contributed by atoms with Crippen LogP contribution in [0.1, 0.15) is 12.1 Å². The molecule has 20 heavy (non-hydrogen) atoms. The number of rotatable bonds is 3. The van der Waals surface area contributed by atoms with Crippen LogP contribution in [0.15, 0.2) is 29.4 Å². The largest absolute Gasteiger partial charge is 0.388 e. The second-order valence-corrected chi connectivity index (χ2v) is 5.37. The van der Waals surface area contributed by atoms with Crippen LogP contribution >= 0.6 is 0 Å². The summed E-state index contributed by atoms with van der Waals surface area (Å²) in [7, 11) is 0. The highest BCUT2D eigenvalue weighted by molar-refractivity contribution is 5.89. The molecule has 2 aliphatic rings. The van der Waals surface area contributed by atoms with E-state index in [2.05, 4.69) is 9.98 Å². The van der Waals surface area contributed by atoms with Gasteiger partial charge >= 0.3 is 0 Å². The lowest BCUT2D eigenvalue weighted by atomic mass is 9.99. The fourth-order valence-electron chi connectivity index (χ4n) is 2.86. The van der Waals surface area contributed by atoms with Gasteiger partial charge in [-0.3, -0.25) is 9.98 Å². The Kier molecular flexibility index (Phi) is 3.69. The highest BCUT2D eigenvalue weighted by atomic mass is 16.4. The fourth-order valence-corrected chi connectivity index (χ4v) is 2.86. The zero-order valence-electron chi connectivity index (χ0n) is 11.1. The van der Waals surface area contributed by atoms with Gasteiger partial charge in [0.2, 0.25) is 0 Å². The minimum Gasteiger partial charge on any atom is -0.388 e. The summed E-state index contributed by atoms with van der Waals surface area (Å²) in [5.41, 5.74) is 1.03. The summed E-state index contributed by atoms with van der Waals surface area (Å²) in [5, 5.41) is 29.4. The Labute approximate surface area is 117 Å². The molecule has 1 unspecified atom stereocenters. The number of aromatic nitrogens is 1. The Morgan fingerprint density at radius 2 is 2.10 bits per heavy atom. The number of aliphatic imine (C=N–C) groups is 1. The number of amidine groups is 1. The molecular weight excluding hydrogens is 258 g/mol. The van der Waals surface area contributed by atoms with Crippen molar-refractivity contribution < 1.29 is 15.3 Å². The van der Waals surface area contributed by atoms with Gasteiger partial charge in [0.1, 0.15) is 24.1 Å². The summed E-state index contributed by atoms with van der Waals surface area (Å²) in [4.78, 5) is 10.5. The van der Waals surface area contributed by atoms with E-state index in [0.717, 1.165) is 18.5 Å². The number of hydrogen-bond donors (Lipinski definition) is 3. The Morgan fingerprint density at radius 3 is 2.85 bits per heavy atom. The number of piperidine rings is 1. The molecule has 1 aromatic heterocycles. The molecule has 0 bridgehead atoms. The predicted octanol–water partition coefficient (Wildman–Crippen LogP) is -0.807. The molecule has 1 saturated heterocycles. The van der Waals surface area contributed by atoms with Crippen LogP contribution in [0.2, 0.25) is 0 Å². The van der Waals surface area contributed by atoms with Gasteiger partial charge in [0.05, 0.1) is 12.6 Å². The lowest BCUT2D eigenvalue weighted by Gasteiger charge is -2.39. The molecule has 6 heteroatoms. The van der Waals surface area contributed by atoms with E-state index in [1.807, 2.05) is 23.1 Å². The van der Waals surface area contributed by atoms with Crippen LogP contribution in [0.4, 0.5) is 0 Å². The highest BCUT2D eigenvalue weighted by Gasteiger charge is 2.43. The molecule has 3 heterocycles. The third kappa shape index (κ3) is 2.42. The monoisotopic (exact) mass is 277 g/mol. The van der Waals surface area contributed by atoms with Crippen LogP contribution in [-0.4, -0.2) is 68.5 Å². The molecule has 0 spiro atoms. The number of aliphatic hydroxyl groups is 3. The SMILES string of the molecule is O[C@H]1[C@@H](O)CN2C(=NCC2CCc2ccccn2)[C@@H]1O. The van der Waals surface area contributed by atoms with Crippen molar-refractivity contribution in [3.05, 3.63) is 30.1 Å². The van der Waals surface area contributed by atoms with Gasteiger partial charge in [-0.2, -0.15) is 0 Å². The summed E-state index contributed by atoms with van der Waals surface area (Å²) < 4.78 is 0. The number of pyridine rings is 1. The molecule has 108 valence electrons. The number of aliphatic hydroxyl groups excluding tert-OH is 3. The van der Waals surface area contributed by atoms with Crippen molar-refractivity contribution in [2.45, 2.75) is 37.2 Å². The maximum absolute atomic E-state index is 9.93. The van der Waals surface area contributed by atoms with Crippen LogP contribution in [0.5, 0.6) is 0 Å². The first-order valence-electron chi connectivity index (χ1n) is 6.92. The van der Waals surface area contributed by atoms with Gasteiger partial charge in [-0.05, 0) is 25.0 Å². The van der Waals surface area contributed by atoms with E-state index in [0.29, 0.717) is 18.9 Å². The predicted molar refractivity (Wildman–Crippen MR) is 73.4 cm³/mol. The van der Waals surface area contributed by atoms with E-state index in [1.54, 1.807) is 6.20 Å². The van der Waals surface area contributed by atoms with Gasteiger partial charge in [0.25, 0.3) is 0 Å². The smallest absolute Gasteiger partial charge is 0.139 e. The van der Waals surface area contributed by atoms with E-state index in [1.165, 1.54) is 0 Å². The van der Waals surface area contributed by atoms with Crippen LogP contribution in [0.25, 0.3) is 0 Å². The number of fused-ring (bicyclic) bond motifs is 1. The molecule has 0 radical (unpaired) electrons. The maximum Gasteiger partial charge on any atom is 0.139 e. The normalized spacial score (nSPS) is 33.0. The Hall–Kier alpha value is -1.50. The first-order valence-corrected chi connectivity index (χ1v) is 6.92. The van der Waals surface area contributed by atoms with E-state index in [4.69, 9.17) is 0 Å². The van der Waals surface area contributed by atoms with E-state index in [-0.39, 0.29) is 6.04 Å². The van der Waals surface area contributed by atoms with Gasteiger partial charge in [0, 0.05) is 18.4 Å². The number of hydrogen-bond acceptors (Lipinski definition) is 6. The summed E-state index contributed by atoms with van der Waals surface area (Å²) in [6.45, 7) is 0.919. The van der Waals surface area contributed by atoms with E-state index >= 15 is 0 Å². The molecule has 0 aliphatic carbocycles. The third-order valence-corrected chi connectivity index (χ3v) is 4.02. The van der Waals surface area contributed by atoms with Crippen LogP contribution in [0, 0.1) is 0 Å². The standard InChI is InChI=1S/C14H19N3O3/c18-11-8-17-10(5-4-9-3-1-2-6-15-9)7-16-14(17)13(20)12(11)19/h1-3,6,10-13,18-20H,4-5,7-8H2/t10?,11-,12-,13+/m0/s1. The zero-order chi connectivity index (χ0) is 14.1. The minimum atomic E-state index is -1.14. The summed E-state index contributed by atoms with van der Waals surface area (Å²) >= 11 is 0. The summed E-state index contributed by atoms with van der Waals surface area (Å²) in [6, 6.07) is 5.99. The van der Waals surface area contributed by atoms with Crippen LogP contribution < -0.4 is 0 Å². The molecule has 2 aliphatic heterocycles. The van der Waals surface area contributed by atoms with Crippen LogP contribution in [-0.2, 0) is 6.42 Å². The third-order valence-electron chi connectivity index (χ3n) is 4.02. The fraction of sp³-hybridized carbons (Fsp3) is 0.571. The van der Waals surface area contributed by atoms with Gasteiger partial charge in [-0.25, -0.2) is 0 Å². The Morgan fingerprint density at radius 1 is 1.25 bits per heavy atom. The molecule has 4 atom stereocenters. The quantitative estimate of drug-likeness (QED) is 0.672. The van der Waals surface area contributed by atoms with Crippen LogP contribution in [0.3, 0.4) is 0 Å². The second-order valence-electron chi connectivity index (χ2n) is 5.37. The molecule has 1 aromatic rings.